The first-order valence-electron chi connectivity index (χ1n) is 4.06. The standard InChI is InChI=1S/C11H11ClO/c1-3-4-7-13-11-8-10(12)6-5-9(11)2/h1,5-6,8H,4,7H2,2H3. The van der Waals surface area contributed by atoms with Crippen LogP contribution < -0.4 is 4.74 Å². The predicted octanol–water partition coefficient (Wildman–Crippen LogP) is 3.05. The summed E-state index contributed by atoms with van der Waals surface area (Å²) in [6.07, 6.45) is 5.72. The van der Waals surface area contributed by atoms with E-state index in [1.54, 1.807) is 6.07 Å². The van der Waals surface area contributed by atoms with Crippen molar-refractivity contribution in [1.29, 1.82) is 0 Å². The minimum absolute atomic E-state index is 0.539. The molecule has 68 valence electrons. The maximum atomic E-state index is 5.81. The highest BCUT2D eigenvalue weighted by Crippen LogP contribution is 2.22. The average Bonchev–Trinajstić information content (AvgIpc) is 2.11. The quantitative estimate of drug-likeness (QED) is 0.531. The van der Waals surface area contributed by atoms with Crippen LogP contribution in [0.25, 0.3) is 0 Å². The van der Waals surface area contributed by atoms with Crippen molar-refractivity contribution in [2.75, 3.05) is 6.61 Å². The van der Waals surface area contributed by atoms with Crippen LogP contribution in [0.5, 0.6) is 5.75 Å². The van der Waals surface area contributed by atoms with Crippen LogP contribution >= 0.6 is 11.6 Å². The molecule has 0 unspecified atom stereocenters. The molecule has 0 aromatic heterocycles. The van der Waals surface area contributed by atoms with Gasteiger partial charge in [-0.25, -0.2) is 0 Å². The largest absolute Gasteiger partial charge is 0.492 e. The number of benzene rings is 1. The first-order chi connectivity index (χ1) is 6.24. The number of hydrogen-bond donors (Lipinski definition) is 0. The number of halogens is 1. The summed E-state index contributed by atoms with van der Waals surface area (Å²) in [5.41, 5.74) is 1.07. The molecule has 0 fully saturated rings. The molecule has 0 amide bonds. The molecule has 0 saturated heterocycles. The molecule has 0 radical (unpaired) electrons. The summed E-state index contributed by atoms with van der Waals surface area (Å²) >= 11 is 5.81. The second-order valence-electron chi connectivity index (χ2n) is 2.71. The van der Waals surface area contributed by atoms with Crippen molar-refractivity contribution >= 4 is 11.6 Å². The monoisotopic (exact) mass is 194 g/mol. The minimum Gasteiger partial charge on any atom is -0.492 e. The second-order valence-corrected chi connectivity index (χ2v) is 3.15. The van der Waals surface area contributed by atoms with Gasteiger partial charge in [0.15, 0.2) is 0 Å². The van der Waals surface area contributed by atoms with Crippen molar-refractivity contribution in [3.63, 3.8) is 0 Å². The lowest BCUT2D eigenvalue weighted by Crippen LogP contribution is -1.97. The molecule has 1 nitrogen and oxygen atoms in total. The van der Waals surface area contributed by atoms with Gasteiger partial charge in [0.25, 0.3) is 0 Å². The molecule has 2 heteroatoms. The third kappa shape index (κ3) is 3.01. The summed E-state index contributed by atoms with van der Waals surface area (Å²) in [4.78, 5) is 0. The van der Waals surface area contributed by atoms with Crippen LogP contribution in [-0.4, -0.2) is 6.61 Å². The van der Waals surface area contributed by atoms with Crippen LogP contribution in [0.3, 0.4) is 0 Å². The van der Waals surface area contributed by atoms with E-state index >= 15 is 0 Å². The van der Waals surface area contributed by atoms with E-state index < -0.39 is 0 Å². The summed E-state index contributed by atoms with van der Waals surface area (Å²) < 4.78 is 5.43. The summed E-state index contributed by atoms with van der Waals surface area (Å²) in [6.45, 7) is 2.51. The van der Waals surface area contributed by atoms with Gasteiger partial charge in [0, 0.05) is 11.4 Å². The van der Waals surface area contributed by atoms with E-state index in [1.807, 2.05) is 19.1 Å². The van der Waals surface area contributed by atoms with Crippen LogP contribution in [-0.2, 0) is 0 Å². The van der Waals surface area contributed by atoms with Gasteiger partial charge in [-0.2, -0.15) is 0 Å². The lowest BCUT2D eigenvalue weighted by molar-refractivity contribution is 0.325. The smallest absolute Gasteiger partial charge is 0.123 e. The molecule has 0 aliphatic rings. The van der Waals surface area contributed by atoms with Crippen molar-refractivity contribution in [3.8, 4) is 18.1 Å². The molecule has 1 aromatic carbocycles. The van der Waals surface area contributed by atoms with Gasteiger partial charge in [-0.1, -0.05) is 17.7 Å². The SMILES string of the molecule is C#CCCOc1cc(Cl)ccc1C. The topological polar surface area (TPSA) is 9.23 Å². The Kier molecular flexibility index (Phi) is 3.67. The van der Waals surface area contributed by atoms with Crippen molar-refractivity contribution in [2.45, 2.75) is 13.3 Å². The van der Waals surface area contributed by atoms with Crippen LogP contribution in [0.15, 0.2) is 18.2 Å². The Balaban J connectivity index is 2.65. The van der Waals surface area contributed by atoms with Gasteiger partial charge in [0.2, 0.25) is 0 Å². The van der Waals surface area contributed by atoms with Crippen LogP contribution in [0.2, 0.25) is 5.02 Å². The first-order valence-corrected chi connectivity index (χ1v) is 4.44. The fraction of sp³-hybridized carbons (Fsp3) is 0.273. The highest BCUT2D eigenvalue weighted by atomic mass is 35.5. The number of terminal acetylenes is 1. The van der Waals surface area contributed by atoms with E-state index in [1.165, 1.54) is 0 Å². The minimum atomic E-state index is 0.539. The van der Waals surface area contributed by atoms with Gasteiger partial charge >= 0.3 is 0 Å². The Bertz CT molecular complexity index is 325. The molecular formula is C11H11ClO. The third-order valence-electron chi connectivity index (χ3n) is 1.65. The molecule has 0 spiro atoms. The highest BCUT2D eigenvalue weighted by Gasteiger charge is 1.99. The van der Waals surface area contributed by atoms with E-state index in [4.69, 9.17) is 22.8 Å². The predicted molar refractivity (Wildman–Crippen MR) is 55.1 cm³/mol. The third-order valence-corrected chi connectivity index (χ3v) is 1.89. The van der Waals surface area contributed by atoms with Crippen LogP contribution in [0.1, 0.15) is 12.0 Å². The Labute approximate surface area is 83.7 Å². The van der Waals surface area contributed by atoms with Gasteiger partial charge in [0.1, 0.15) is 5.75 Å². The van der Waals surface area contributed by atoms with Gasteiger partial charge in [-0.3, -0.25) is 0 Å². The van der Waals surface area contributed by atoms with E-state index in [0.717, 1.165) is 11.3 Å². The molecule has 0 heterocycles. The maximum Gasteiger partial charge on any atom is 0.123 e. The van der Waals surface area contributed by atoms with E-state index in [9.17, 15) is 0 Å². The molecule has 0 saturated carbocycles. The zero-order chi connectivity index (χ0) is 9.68. The second kappa shape index (κ2) is 4.79. The van der Waals surface area contributed by atoms with E-state index in [0.29, 0.717) is 18.1 Å². The van der Waals surface area contributed by atoms with Crippen molar-refractivity contribution in [3.05, 3.63) is 28.8 Å². The van der Waals surface area contributed by atoms with Gasteiger partial charge in [-0.15, -0.1) is 12.3 Å². The molecule has 0 aliphatic heterocycles. The van der Waals surface area contributed by atoms with Gasteiger partial charge in [-0.05, 0) is 24.6 Å². The lowest BCUT2D eigenvalue weighted by atomic mass is 10.2. The van der Waals surface area contributed by atoms with Crippen LogP contribution in [0.4, 0.5) is 0 Å². The molecule has 1 aromatic rings. The summed E-state index contributed by atoms with van der Waals surface area (Å²) in [6, 6.07) is 5.56. The van der Waals surface area contributed by atoms with Gasteiger partial charge in [0.05, 0.1) is 6.61 Å². The highest BCUT2D eigenvalue weighted by molar-refractivity contribution is 6.30. The number of aryl methyl sites for hydroxylation is 1. The lowest BCUT2D eigenvalue weighted by Gasteiger charge is -2.07. The van der Waals surface area contributed by atoms with Crippen LogP contribution in [0, 0.1) is 19.3 Å². The molecule has 13 heavy (non-hydrogen) atoms. The molecule has 0 N–H and O–H groups in total. The first kappa shape index (κ1) is 9.95. The summed E-state index contributed by atoms with van der Waals surface area (Å²) in [7, 11) is 0. The number of ether oxygens (including phenoxy) is 1. The Morgan fingerprint density at radius 2 is 2.31 bits per heavy atom. The molecule has 1 rings (SSSR count). The maximum absolute atomic E-state index is 5.81. The normalized spacial score (nSPS) is 9.31. The fourth-order valence-electron chi connectivity index (χ4n) is 0.949. The summed E-state index contributed by atoms with van der Waals surface area (Å²) in [5.74, 6) is 3.32. The zero-order valence-corrected chi connectivity index (χ0v) is 8.27. The van der Waals surface area contributed by atoms with E-state index in [-0.39, 0.29) is 0 Å². The fourth-order valence-corrected chi connectivity index (χ4v) is 1.11. The summed E-state index contributed by atoms with van der Waals surface area (Å²) in [5, 5.41) is 0.682. The zero-order valence-electron chi connectivity index (χ0n) is 7.51. The Morgan fingerprint density at radius 3 is 3.00 bits per heavy atom. The molecule has 0 atom stereocenters. The molecule has 0 bridgehead atoms. The number of rotatable bonds is 3. The Hall–Kier alpha value is -1.13. The van der Waals surface area contributed by atoms with Crippen molar-refractivity contribution < 1.29 is 4.74 Å². The molecular weight excluding hydrogens is 184 g/mol. The van der Waals surface area contributed by atoms with Crippen molar-refractivity contribution in [2.24, 2.45) is 0 Å². The van der Waals surface area contributed by atoms with E-state index in [2.05, 4.69) is 5.92 Å². The van der Waals surface area contributed by atoms with Crippen molar-refractivity contribution in [1.82, 2.24) is 0 Å². The van der Waals surface area contributed by atoms with Gasteiger partial charge < -0.3 is 4.74 Å². The molecule has 0 aliphatic carbocycles. The Morgan fingerprint density at radius 1 is 1.54 bits per heavy atom. The average molecular weight is 195 g/mol. The number of hydrogen-bond acceptors (Lipinski definition) is 1.